The highest BCUT2D eigenvalue weighted by atomic mass is 16.5. The van der Waals surface area contributed by atoms with E-state index in [1.54, 1.807) is 11.8 Å². The van der Waals surface area contributed by atoms with Gasteiger partial charge >= 0.3 is 12.1 Å². The van der Waals surface area contributed by atoms with Crippen LogP contribution in [0, 0.1) is 10.8 Å². The van der Waals surface area contributed by atoms with Gasteiger partial charge in [-0.3, -0.25) is 9.59 Å². The number of alkyl carbamates (subject to hydrolysis) is 1. The van der Waals surface area contributed by atoms with Gasteiger partial charge in [0.25, 0.3) is 0 Å². The number of fused-ring (bicyclic) bond motifs is 3. The van der Waals surface area contributed by atoms with Crippen LogP contribution in [0.5, 0.6) is 0 Å². The Morgan fingerprint density at radius 2 is 1.65 bits per heavy atom. The maximum Gasteiger partial charge on any atom is 0.407 e. The monoisotopic (exact) mass is 462 g/mol. The minimum Gasteiger partial charge on any atom is -0.481 e. The van der Waals surface area contributed by atoms with Crippen LogP contribution in [0.1, 0.15) is 49.7 Å². The number of carbonyl (C=O) groups excluding carboxylic acids is 2. The van der Waals surface area contributed by atoms with Gasteiger partial charge in [-0.1, -0.05) is 48.5 Å². The highest BCUT2D eigenvalue weighted by molar-refractivity contribution is 5.87. The van der Waals surface area contributed by atoms with E-state index in [1.165, 1.54) is 11.1 Å². The molecule has 178 valence electrons. The number of aliphatic carboxylic acids is 1. The quantitative estimate of drug-likeness (QED) is 0.676. The van der Waals surface area contributed by atoms with Crippen LogP contribution in [0.15, 0.2) is 48.5 Å². The Bertz CT molecular complexity index is 1100. The molecule has 1 atom stereocenters. The predicted molar refractivity (Wildman–Crippen MR) is 126 cm³/mol. The third-order valence-electron chi connectivity index (χ3n) is 7.72. The number of rotatable bonds is 6. The lowest BCUT2D eigenvalue weighted by molar-refractivity contribution is -0.154. The molecule has 34 heavy (non-hydrogen) atoms. The number of carbonyl (C=O) groups is 3. The van der Waals surface area contributed by atoms with E-state index in [0.717, 1.165) is 11.1 Å². The molecule has 0 radical (unpaired) electrons. The minimum absolute atomic E-state index is 0.0169. The molecule has 0 bridgehead atoms. The molecule has 2 amide bonds. The Balaban J connectivity index is 1.18. The number of ether oxygens (including phenoxy) is 1. The van der Waals surface area contributed by atoms with Crippen molar-refractivity contribution in [2.45, 2.75) is 38.5 Å². The number of carboxylic acid groups (broad SMARTS) is 1. The number of hydrogen-bond donors (Lipinski definition) is 2. The number of piperidine rings is 1. The van der Waals surface area contributed by atoms with Gasteiger partial charge < -0.3 is 20.1 Å². The zero-order valence-electron chi connectivity index (χ0n) is 19.4. The van der Waals surface area contributed by atoms with Gasteiger partial charge in [-0.15, -0.1) is 0 Å². The van der Waals surface area contributed by atoms with E-state index in [-0.39, 0.29) is 31.5 Å². The van der Waals surface area contributed by atoms with Crippen LogP contribution in [0.4, 0.5) is 4.79 Å². The lowest BCUT2D eigenvalue weighted by atomic mass is 9.81. The fraction of sp³-hybridized carbons (Fsp3) is 0.444. The number of nitrogens with one attached hydrogen (secondary N) is 1. The van der Waals surface area contributed by atoms with Crippen LogP contribution >= 0.6 is 0 Å². The van der Waals surface area contributed by atoms with Crippen molar-refractivity contribution >= 4 is 18.0 Å². The second-order valence-electron chi connectivity index (χ2n) is 10.2. The molecule has 0 aromatic heterocycles. The lowest BCUT2D eigenvalue weighted by Gasteiger charge is -2.39. The van der Waals surface area contributed by atoms with Crippen LogP contribution < -0.4 is 5.32 Å². The smallest absolute Gasteiger partial charge is 0.407 e. The van der Waals surface area contributed by atoms with Gasteiger partial charge in [0, 0.05) is 25.6 Å². The van der Waals surface area contributed by atoms with Crippen molar-refractivity contribution in [1.82, 2.24) is 10.2 Å². The first-order chi connectivity index (χ1) is 16.3. The fourth-order valence-corrected chi connectivity index (χ4v) is 5.43. The van der Waals surface area contributed by atoms with Crippen molar-refractivity contribution in [3.63, 3.8) is 0 Å². The topological polar surface area (TPSA) is 95.9 Å². The molecule has 5 rings (SSSR count). The first-order valence-corrected chi connectivity index (χ1v) is 11.9. The summed E-state index contributed by atoms with van der Waals surface area (Å²) in [5.74, 6) is -0.943. The highest BCUT2D eigenvalue weighted by Crippen LogP contribution is 2.48. The van der Waals surface area contributed by atoms with Gasteiger partial charge in [-0.05, 0) is 54.9 Å². The van der Waals surface area contributed by atoms with E-state index < -0.39 is 22.9 Å². The summed E-state index contributed by atoms with van der Waals surface area (Å²) in [6.45, 7) is 2.91. The third kappa shape index (κ3) is 3.93. The summed E-state index contributed by atoms with van der Waals surface area (Å²) in [5.41, 5.74) is 3.09. The second-order valence-corrected chi connectivity index (χ2v) is 10.2. The first-order valence-electron chi connectivity index (χ1n) is 11.9. The van der Waals surface area contributed by atoms with Gasteiger partial charge in [-0.25, -0.2) is 4.79 Å². The van der Waals surface area contributed by atoms with Crippen LogP contribution in [0.25, 0.3) is 11.1 Å². The normalized spacial score (nSPS) is 22.4. The van der Waals surface area contributed by atoms with E-state index >= 15 is 0 Å². The van der Waals surface area contributed by atoms with Crippen molar-refractivity contribution in [2.24, 2.45) is 10.8 Å². The standard InChI is InChI=1S/C27H30N2O5/c1-26(24(31)32)11-6-14-29(17-26)23(30)27(12-13-27)16-28-25(33)34-15-22-20-9-4-2-7-18(20)19-8-3-5-10-21(19)22/h2-5,7-10,22H,6,11-17H2,1H3,(H,28,33)(H,31,32). The number of likely N-dealkylation sites (tertiary alicyclic amines) is 1. The van der Waals surface area contributed by atoms with Crippen molar-refractivity contribution < 1.29 is 24.2 Å². The summed E-state index contributed by atoms with van der Waals surface area (Å²) < 4.78 is 5.60. The SMILES string of the molecule is CC1(C(=O)O)CCCN(C(=O)C2(CNC(=O)OCC3c4ccccc4-c4ccccc43)CC2)C1. The molecule has 0 spiro atoms. The van der Waals surface area contributed by atoms with Crippen LogP contribution in [-0.2, 0) is 14.3 Å². The van der Waals surface area contributed by atoms with E-state index in [2.05, 4.69) is 29.6 Å². The average Bonchev–Trinajstić information content (AvgIpc) is 3.57. The van der Waals surface area contributed by atoms with Crippen LogP contribution in [0.3, 0.4) is 0 Å². The molecular weight excluding hydrogens is 432 g/mol. The fourth-order valence-electron chi connectivity index (χ4n) is 5.43. The number of hydrogen-bond acceptors (Lipinski definition) is 4. The highest BCUT2D eigenvalue weighted by Gasteiger charge is 2.53. The lowest BCUT2D eigenvalue weighted by Crippen LogP contribution is -2.52. The number of amides is 2. The molecule has 1 heterocycles. The van der Waals surface area contributed by atoms with E-state index in [0.29, 0.717) is 32.2 Å². The predicted octanol–water partition coefficient (Wildman–Crippen LogP) is 4.02. The number of benzene rings is 2. The van der Waals surface area contributed by atoms with Crippen molar-refractivity contribution in [1.29, 1.82) is 0 Å². The van der Waals surface area contributed by atoms with Crippen molar-refractivity contribution in [3.8, 4) is 11.1 Å². The maximum atomic E-state index is 13.2. The van der Waals surface area contributed by atoms with Gasteiger partial charge in [0.05, 0.1) is 10.8 Å². The molecule has 7 heteroatoms. The molecule has 2 aromatic carbocycles. The van der Waals surface area contributed by atoms with Gasteiger partial charge in [-0.2, -0.15) is 0 Å². The van der Waals surface area contributed by atoms with E-state index in [4.69, 9.17) is 4.74 Å². The second kappa shape index (κ2) is 8.46. The van der Waals surface area contributed by atoms with Gasteiger partial charge in [0.15, 0.2) is 0 Å². The molecule has 7 nitrogen and oxygen atoms in total. The van der Waals surface area contributed by atoms with Gasteiger partial charge in [0.2, 0.25) is 5.91 Å². The zero-order chi connectivity index (χ0) is 23.9. The number of carboxylic acids is 1. The van der Waals surface area contributed by atoms with Crippen molar-refractivity contribution in [2.75, 3.05) is 26.2 Å². The average molecular weight is 463 g/mol. The largest absolute Gasteiger partial charge is 0.481 e. The summed E-state index contributed by atoms with van der Waals surface area (Å²) in [7, 11) is 0. The summed E-state index contributed by atoms with van der Waals surface area (Å²) >= 11 is 0. The number of nitrogens with zero attached hydrogens (tertiary/aromatic N) is 1. The Morgan fingerprint density at radius 1 is 1.03 bits per heavy atom. The van der Waals surface area contributed by atoms with Crippen LogP contribution in [0.2, 0.25) is 0 Å². The molecule has 1 saturated heterocycles. The van der Waals surface area contributed by atoms with E-state index in [9.17, 15) is 19.5 Å². The van der Waals surface area contributed by atoms with E-state index in [1.807, 2.05) is 24.3 Å². The van der Waals surface area contributed by atoms with Crippen molar-refractivity contribution in [3.05, 3.63) is 59.7 Å². The minimum atomic E-state index is -0.912. The molecule has 3 aliphatic rings. The zero-order valence-corrected chi connectivity index (χ0v) is 19.4. The first kappa shape index (κ1) is 22.4. The summed E-state index contributed by atoms with van der Waals surface area (Å²) in [5, 5.41) is 12.3. The maximum absolute atomic E-state index is 13.2. The Morgan fingerprint density at radius 3 is 2.24 bits per heavy atom. The molecule has 2 aliphatic carbocycles. The van der Waals surface area contributed by atoms with Gasteiger partial charge in [0.1, 0.15) is 6.61 Å². The molecule has 2 aromatic rings. The molecule has 2 fully saturated rings. The molecule has 1 saturated carbocycles. The summed E-state index contributed by atoms with van der Waals surface area (Å²) in [6.07, 6.45) is 2.09. The van der Waals surface area contributed by atoms with Crippen LogP contribution in [-0.4, -0.2) is 54.2 Å². The Labute approximate surface area is 199 Å². The molecule has 1 unspecified atom stereocenters. The molecule has 2 N–H and O–H groups in total. The summed E-state index contributed by atoms with van der Waals surface area (Å²) in [6, 6.07) is 16.3. The third-order valence-corrected chi connectivity index (χ3v) is 7.72. The molecular formula is C27H30N2O5. The molecule has 1 aliphatic heterocycles. The Kier molecular flexibility index (Phi) is 5.58. The Hall–Kier alpha value is -3.35. The summed E-state index contributed by atoms with van der Waals surface area (Å²) in [4.78, 5) is 39.1.